The van der Waals surface area contributed by atoms with Crippen LogP contribution in [0.5, 0.6) is 0 Å². The molecule has 0 saturated heterocycles. The van der Waals surface area contributed by atoms with Gasteiger partial charge in [-0.05, 0) is 5.92 Å². The van der Waals surface area contributed by atoms with Gasteiger partial charge in [0, 0.05) is 10.8 Å². The fourth-order valence-electron chi connectivity index (χ4n) is 0.563. The molecule has 1 N–H and O–H groups in total. The second kappa shape index (κ2) is 6.15. The highest BCUT2D eigenvalue weighted by atomic mass is 33.1. The molecule has 1 unspecified atom stereocenters. The summed E-state index contributed by atoms with van der Waals surface area (Å²) in [5.74, 6) is -0.920. The Balaban J connectivity index is 3.97. The van der Waals surface area contributed by atoms with Crippen LogP contribution in [0.15, 0.2) is 0 Å². The SMILES string of the molecule is COC(=O)SSC(C(=O)O)C(C)C. The highest BCUT2D eigenvalue weighted by Crippen LogP contribution is 2.32. The van der Waals surface area contributed by atoms with E-state index in [0.717, 1.165) is 21.6 Å². The molecule has 0 radical (unpaired) electrons. The number of methoxy groups -OCH3 is 1. The zero-order valence-electron chi connectivity index (χ0n) is 7.64. The Morgan fingerprint density at radius 3 is 2.23 bits per heavy atom. The quantitative estimate of drug-likeness (QED) is 0.583. The van der Waals surface area contributed by atoms with Crippen LogP contribution < -0.4 is 0 Å². The topological polar surface area (TPSA) is 63.6 Å². The van der Waals surface area contributed by atoms with E-state index in [1.54, 1.807) is 13.8 Å². The van der Waals surface area contributed by atoms with Crippen molar-refractivity contribution in [3.05, 3.63) is 0 Å². The maximum atomic E-state index is 10.7. The second-order valence-corrected chi connectivity index (χ2v) is 4.91. The van der Waals surface area contributed by atoms with E-state index in [4.69, 9.17) is 5.11 Å². The van der Waals surface area contributed by atoms with E-state index in [0.29, 0.717) is 0 Å². The number of ether oxygens (including phenoxy) is 1. The average Bonchev–Trinajstić information content (AvgIpc) is 2.03. The number of carbonyl (C=O) groups is 2. The van der Waals surface area contributed by atoms with Gasteiger partial charge in [-0.1, -0.05) is 24.6 Å². The number of aliphatic carboxylic acids is 1. The molecule has 0 spiro atoms. The molecule has 1 atom stereocenters. The molecule has 6 heteroatoms. The Hall–Kier alpha value is -0.360. The highest BCUT2D eigenvalue weighted by molar-refractivity contribution is 8.82. The van der Waals surface area contributed by atoms with Gasteiger partial charge in [0.25, 0.3) is 0 Å². The van der Waals surface area contributed by atoms with Crippen LogP contribution in [-0.4, -0.2) is 28.7 Å². The smallest absolute Gasteiger partial charge is 0.377 e. The summed E-state index contributed by atoms with van der Waals surface area (Å²) in [5, 5.41) is 7.69. The van der Waals surface area contributed by atoms with Crippen molar-refractivity contribution in [2.75, 3.05) is 7.11 Å². The molecule has 0 saturated carbocycles. The number of hydrogen-bond donors (Lipinski definition) is 1. The van der Waals surface area contributed by atoms with Crippen LogP contribution in [0.4, 0.5) is 4.79 Å². The largest absolute Gasteiger partial charge is 0.480 e. The minimum absolute atomic E-state index is 0.0142. The summed E-state index contributed by atoms with van der Waals surface area (Å²) in [6.45, 7) is 3.59. The lowest BCUT2D eigenvalue weighted by Gasteiger charge is -2.13. The average molecular weight is 224 g/mol. The third kappa shape index (κ3) is 5.05. The van der Waals surface area contributed by atoms with Crippen molar-refractivity contribution in [1.29, 1.82) is 0 Å². The third-order valence-electron chi connectivity index (χ3n) is 1.24. The first-order valence-corrected chi connectivity index (χ1v) is 5.84. The molecule has 13 heavy (non-hydrogen) atoms. The summed E-state index contributed by atoms with van der Waals surface area (Å²) in [4.78, 5) is 21.3. The van der Waals surface area contributed by atoms with Crippen molar-refractivity contribution in [2.45, 2.75) is 19.1 Å². The maximum absolute atomic E-state index is 10.7. The first kappa shape index (κ1) is 12.6. The van der Waals surface area contributed by atoms with Gasteiger partial charge in [-0.2, -0.15) is 0 Å². The van der Waals surface area contributed by atoms with Crippen LogP contribution in [0.2, 0.25) is 0 Å². The van der Waals surface area contributed by atoms with Gasteiger partial charge < -0.3 is 9.84 Å². The molecular formula is C7H12O4S2. The van der Waals surface area contributed by atoms with Crippen molar-refractivity contribution in [3.63, 3.8) is 0 Å². The van der Waals surface area contributed by atoms with E-state index in [1.165, 1.54) is 7.11 Å². The Morgan fingerprint density at radius 2 is 1.92 bits per heavy atom. The molecule has 0 aliphatic heterocycles. The van der Waals surface area contributed by atoms with Gasteiger partial charge in [-0.3, -0.25) is 4.79 Å². The molecule has 0 aliphatic rings. The third-order valence-corrected chi connectivity index (χ3v) is 3.91. The minimum atomic E-state index is -0.906. The summed E-state index contributed by atoms with van der Waals surface area (Å²) >= 11 is 0. The lowest BCUT2D eigenvalue weighted by molar-refractivity contribution is -0.137. The van der Waals surface area contributed by atoms with Gasteiger partial charge in [-0.15, -0.1) is 0 Å². The van der Waals surface area contributed by atoms with Gasteiger partial charge in [-0.25, -0.2) is 4.79 Å². The Labute approximate surface area is 84.8 Å². The predicted octanol–water partition coefficient (Wildman–Crippen LogP) is 2.24. The lowest BCUT2D eigenvalue weighted by atomic mass is 10.1. The summed E-state index contributed by atoms with van der Waals surface area (Å²) < 4.78 is 4.37. The maximum Gasteiger partial charge on any atom is 0.377 e. The van der Waals surface area contributed by atoms with Crippen LogP contribution >= 0.6 is 21.6 Å². The second-order valence-electron chi connectivity index (χ2n) is 2.64. The summed E-state index contributed by atoms with van der Waals surface area (Å²) in [6.07, 6.45) is 0. The zero-order chi connectivity index (χ0) is 10.4. The molecular weight excluding hydrogens is 212 g/mol. The first-order chi connectivity index (χ1) is 5.99. The highest BCUT2D eigenvalue weighted by Gasteiger charge is 2.23. The van der Waals surface area contributed by atoms with E-state index in [1.807, 2.05) is 0 Å². The van der Waals surface area contributed by atoms with Crippen LogP contribution in [0.1, 0.15) is 13.8 Å². The van der Waals surface area contributed by atoms with E-state index >= 15 is 0 Å². The van der Waals surface area contributed by atoms with Crippen molar-refractivity contribution >= 4 is 32.9 Å². The molecule has 0 aromatic carbocycles. The Morgan fingerprint density at radius 1 is 1.38 bits per heavy atom. The van der Waals surface area contributed by atoms with Crippen LogP contribution in [0.3, 0.4) is 0 Å². The molecule has 0 aromatic rings. The molecule has 76 valence electrons. The van der Waals surface area contributed by atoms with E-state index < -0.39 is 16.5 Å². The summed E-state index contributed by atoms with van der Waals surface area (Å²) in [7, 11) is 3.09. The molecule has 0 aromatic heterocycles. The number of carboxylic acids is 1. The fraction of sp³-hybridized carbons (Fsp3) is 0.714. The fourth-order valence-corrected chi connectivity index (χ4v) is 2.78. The summed E-state index contributed by atoms with van der Waals surface area (Å²) in [6, 6.07) is 0. The van der Waals surface area contributed by atoms with Crippen LogP contribution in [-0.2, 0) is 9.53 Å². The molecule has 0 rings (SSSR count). The zero-order valence-corrected chi connectivity index (χ0v) is 9.28. The Kier molecular flexibility index (Phi) is 5.98. The number of carboxylic acid groups (broad SMARTS) is 1. The predicted molar refractivity (Wildman–Crippen MR) is 53.8 cm³/mol. The molecule has 0 bridgehead atoms. The molecule has 4 nitrogen and oxygen atoms in total. The van der Waals surface area contributed by atoms with Crippen LogP contribution in [0, 0.1) is 5.92 Å². The number of rotatable bonds is 4. The minimum Gasteiger partial charge on any atom is -0.480 e. The van der Waals surface area contributed by atoms with Gasteiger partial charge in [0.1, 0.15) is 5.25 Å². The number of carbonyl (C=O) groups excluding carboxylic acids is 1. The summed E-state index contributed by atoms with van der Waals surface area (Å²) in [5.41, 5.74) is 0. The standard InChI is InChI=1S/C7H12O4S2/c1-4(2)5(6(8)9)12-13-7(10)11-3/h4-5H,1-3H3,(H,8,9). The van der Waals surface area contributed by atoms with Crippen LogP contribution in [0.25, 0.3) is 0 Å². The lowest BCUT2D eigenvalue weighted by Crippen LogP contribution is -2.21. The van der Waals surface area contributed by atoms with Crippen molar-refractivity contribution in [3.8, 4) is 0 Å². The first-order valence-electron chi connectivity index (χ1n) is 3.63. The normalized spacial score (nSPS) is 12.6. The van der Waals surface area contributed by atoms with Gasteiger partial charge >= 0.3 is 11.3 Å². The molecule has 0 heterocycles. The molecule has 0 aliphatic carbocycles. The van der Waals surface area contributed by atoms with E-state index in [9.17, 15) is 9.59 Å². The van der Waals surface area contributed by atoms with Crippen molar-refractivity contribution in [1.82, 2.24) is 0 Å². The molecule has 0 fully saturated rings. The van der Waals surface area contributed by atoms with Gasteiger partial charge in [0.15, 0.2) is 0 Å². The Bertz CT molecular complexity index is 193. The monoisotopic (exact) mass is 224 g/mol. The van der Waals surface area contributed by atoms with Gasteiger partial charge in [0.05, 0.1) is 7.11 Å². The van der Waals surface area contributed by atoms with Crippen molar-refractivity contribution in [2.24, 2.45) is 5.92 Å². The van der Waals surface area contributed by atoms with E-state index in [-0.39, 0.29) is 5.92 Å². The van der Waals surface area contributed by atoms with Crippen molar-refractivity contribution < 1.29 is 19.4 Å². The molecule has 0 amide bonds. The number of hydrogen-bond acceptors (Lipinski definition) is 5. The van der Waals surface area contributed by atoms with E-state index in [2.05, 4.69) is 4.74 Å². The van der Waals surface area contributed by atoms with Gasteiger partial charge in [0.2, 0.25) is 0 Å².